The molecular weight excluding hydrogens is 384 g/mol. The van der Waals surface area contributed by atoms with Crippen LogP contribution in [-0.4, -0.2) is 25.9 Å². The van der Waals surface area contributed by atoms with Gasteiger partial charge in [0.2, 0.25) is 5.75 Å². The van der Waals surface area contributed by atoms with E-state index in [0.717, 1.165) is 42.4 Å². The molecule has 0 spiro atoms. The molecule has 0 aliphatic carbocycles. The van der Waals surface area contributed by atoms with E-state index < -0.39 is 10.8 Å². The molecule has 1 aromatic heterocycles. The summed E-state index contributed by atoms with van der Waals surface area (Å²) in [6.45, 7) is 4.06. The van der Waals surface area contributed by atoms with Gasteiger partial charge in [0.25, 0.3) is 0 Å². The summed E-state index contributed by atoms with van der Waals surface area (Å²) in [5.41, 5.74) is 4.26. The fourth-order valence-electron chi connectivity index (χ4n) is 4.13. The Hall–Kier alpha value is -2.76. The fourth-order valence-corrected chi connectivity index (χ4v) is 5.79. The van der Waals surface area contributed by atoms with Crippen molar-refractivity contribution in [3.05, 3.63) is 64.7 Å². The minimum atomic E-state index is -1.13. The quantitative estimate of drug-likeness (QED) is 0.383. The van der Waals surface area contributed by atoms with Crippen molar-refractivity contribution in [1.29, 1.82) is 0 Å². The molecule has 29 heavy (non-hydrogen) atoms. The van der Waals surface area contributed by atoms with Gasteiger partial charge in [0.15, 0.2) is 20.9 Å². The summed E-state index contributed by atoms with van der Waals surface area (Å²) in [5.74, 6) is 1.90. The lowest BCUT2D eigenvalue weighted by Gasteiger charge is -2.16. The highest BCUT2D eigenvalue weighted by molar-refractivity contribution is 7.38. The SMILES string of the molecule is COc1ccc(Cc2cc(C)c3c(c2)c2cccc(C)c2[s+]3[O-])c(OC)c1OC. The Morgan fingerprint density at radius 3 is 2.21 bits per heavy atom. The third-order valence-corrected chi connectivity index (χ3v) is 7.21. The molecule has 4 aromatic rings. The van der Waals surface area contributed by atoms with Gasteiger partial charge in [-0.3, -0.25) is 0 Å². The van der Waals surface area contributed by atoms with Gasteiger partial charge in [-0.15, -0.1) is 0 Å². The van der Waals surface area contributed by atoms with Crippen LogP contribution in [0.3, 0.4) is 0 Å². The van der Waals surface area contributed by atoms with Crippen LogP contribution in [0.2, 0.25) is 0 Å². The van der Waals surface area contributed by atoms with E-state index in [1.165, 1.54) is 0 Å². The lowest BCUT2D eigenvalue weighted by atomic mass is 9.98. The van der Waals surface area contributed by atoms with Crippen LogP contribution in [0.25, 0.3) is 20.2 Å². The second-order valence-corrected chi connectivity index (χ2v) is 8.53. The van der Waals surface area contributed by atoms with Crippen LogP contribution in [0.5, 0.6) is 17.2 Å². The number of hydrogen-bond acceptors (Lipinski definition) is 4. The first-order chi connectivity index (χ1) is 14.0. The lowest BCUT2D eigenvalue weighted by Crippen LogP contribution is -2.00. The maximum absolute atomic E-state index is 13.1. The Bertz CT molecular complexity index is 1220. The van der Waals surface area contributed by atoms with Crippen molar-refractivity contribution < 1.29 is 18.8 Å². The molecule has 0 saturated heterocycles. The molecule has 0 fully saturated rings. The first-order valence-corrected chi connectivity index (χ1v) is 10.6. The zero-order chi connectivity index (χ0) is 20.7. The molecule has 1 heterocycles. The van der Waals surface area contributed by atoms with E-state index in [0.29, 0.717) is 23.7 Å². The number of rotatable bonds is 5. The molecule has 0 radical (unpaired) electrons. The molecule has 0 aliphatic heterocycles. The molecule has 1 atom stereocenters. The van der Waals surface area contributed by atoms with Crippen LogP contribution in [0.4, 0.5) is 0 Å². The smallest absolute Gasteiger partial charge is 0.203 e. The number of fused-ring (bicyclic) bond motifs is 3. The Labute approximate surface area is 173 Å². The molecule has 0 N–H and O–H groups in total. The number of thiophene rings is 1. The van der Waals surface area contributed by atoms with Crippen molar-refractivity contribution in [2.75, 3.05) is 21.3 Å². The number of hydrogen-bond donors (Lipinski definition) is 0. The summed E-state index contributed by atoms with van der Waals surface area (Å²) < 4.78 is 31.5. The van der Waals surface area contributed by atoms with Crippen molar-refractivity contribution in [2.45, 2.75) is 20.3 Å². The molecule has 0 amide bonds. The zero-order valence-corrected chi connectivity index (χ0v) is 18.1. The minimum Gasteiger partial charge on any atom is -0.590 e. The van der Waals surface area contributed by atoms with E-state index in [1.54, 1.807) is 21.3 Å². The molecular formula is C24H24O4S. The molecule has 150 valence electrons. The van der Waals surface area contributed by atoms with Gasteiger partial charge in [-0.2, -0.15) is 0 Å². The summed E-state index contributed by atoms with van der Waals surface area (Å²) in [7, 11) is 3.73. The minimum absolute atomic E-state index is 0.590. The Morgan fingerprint density at radius 1 is 0.793 bits per heavy atom. The molecule has 0 bridgehead atoms. The third-order valence-electron chi connectivity index (χ3n) is 5.39. The van der Waals surface area contributed by atoms with E-state index in [2.05, 4.69) is 18.2 Å². The van der Waals surface area contributed by atoms with Crippen LogP contribution in [-0.2, 0) is 6.42 Å². The standard InChI is InChI=1S/C24H24O4S/c1-14-7-6-8-18-19-13-16(11-15(2)24(19)29(25)23(14)18)12-17-9-10-20(26-3)22(28-5)21(17)27-4/h6-11,13H,12H2,1-5H3. The number of ether oxygens (including phenoxy) is 3. The van der Waals surface area contributed by atoms with E-state index in [9.17, 15) is 4.55 Å². The number of aryl methyl sites for hydroxylation is 2. The summed E-state index contributed by atoms with van der Waals surface area (Å²) >= 11 is 0. The van der Waals surface area contributed by atoms with Gasteiger partial charge in [-0.1, -0.05) is 24.3 Å². The van der Waals surface area contributed by atoms with Crippen LogP contribution in [0, 0.1) is 13.8 Å². The maximum Gasteiger partial charge on any atom is 0.203 e. The first-order valence-electron chi connectivity index (χ1n) is 9.43. The van der Waals surface area contributed by atoms with E-state index >= 15 is 0 Å². The number of benzene rings is 3. The summed E-state index contributed by atoms with van der Waals surface area (Å²) in [5, 5.41) is 2.14. The topological polar surface area (TPSA) is 50.8 Å². The molecule has 3 aromatic carbocycles. The van der Waals surface area contributed by atoms with Gasteiger partial charge >= 0.3 is 0 Å². The molecule has 4 rings (SSSR count). The molecule has 1 unspecified atom stereocenters. The normalized spacial score (nSPS) is 11.9. The second kappa shape index (κ2) is 7.58. The summed E-state index contributed by atoms with van der Waals surface area (Å²) in [4.78, 5) is 0. The lowest BCUT2D eigenvalue weighted by molar-refractivity contribution is 0.322. The molecule has 0 saturated carbocycles. The Kier molecular flexibility index (Phi) is 5.11. The van der Waals surface area contributed by atoms with Crippen molar-refractivity contribution in [3.8, 4) is 17.2 Å². The Morgan fingerprint density at radius 2 is 1.52 bits per heavy atom. The van der Waals surface area contributed by atoms with Crippen molar-refractivity contribution >= 4 is 30.9 Å². The van der Waals surface area contributed by atoms with Crippen molar-refractivity contribution in [3.63, 3.8) is 0 Å². The zero-order valence-electron chi connectivity index (χ0n) is 17.3. The van der Waals surface area contributed by atoms with Gasteiger partial charge in [0, 0.05) is 33.9 Å². The van der Waals surface area contributed by atoms with Gasteiger partial charge in [0.1, 0.15) is 0 Å². The molecule has 4 nitrogen and oxygen atoms in total. The average molecular weight is 409 g/mol. The van der Waals surface area contributed by atoms with Crippen LogP contribution >= 0.6 is 10.8 Å². The van der Waals surface area contributed by atoms with E-state index in [1.807, 2.05) is 38.1 Å². The largest absolute Gasteiger partial charge is 0.590 e. The van der Waals surface area contributed by atoms with Gasteiger partial charge in [0.05, 0.1) is 21.3 Å². The van der Waals surface area contributed by atoms with Gasteiger partial charge < -0.3 is 18.8 Å². The average Bonchev–Trinajstić information content (AvgIpc) is 3.01. The third kappa shape index (κ3) is 3.11. The summed E-state index contributed by atoms with van der Waals surface area (Å²) in [6, 6.07) is 14.3. The van der Waals surface area contributed by atoms with Crippen LogP contribution in [0.1, 0.15) is 22.3 Å². The van der Waals surface area contributed by atoms with Crippen molar-refractivity contribution in [2.24, 2.45) is 0 Å². The highest BCUT2D eigenvalue weighted by atomic mass is 32.2. The van der Waals surface area contributed by atoms with Gasteiger partial charge in [-0.25, -0.2) is 0 Å². The summed E-state index contributed by atoms with van der Waals surface area (Å²) in [6.07, 6.45) is 0.672. The Balaban J connectivity index is 1.88. The molecule has 5 heteroatoms. The first kappa shape index (κ1) is 19.6. The predicted octanol–water partition coefficient (Wildman–Crippen LogP) is 5.95. The van der Waals surface area contributed by atoms with Crippen molar-refractivity contribution in [1.82, 2.24) is 0 Å². The fraction of sp³-hybridized carbons (Fsp3) is 0.250. The van der Waals surface area contributed by atoms with E-state index in [4.69, 9.17) is 14.2 Å². The second-order valence-electron chi connectivity index (χ2n) is 7.18. The predicted molar refractivity (Wildman–Crippen MR) is 118 cm³/mol. The van der Waals surface area contributed by atoms with Crippen LogP contribution < -0.4 is 14.2 Å². The van der Waals surface area contributed by atoms with Gasteiger partial charge in [-0.05, 0) is 48.4 Å². The monoisotopic (exact) mass is 408 g/mol. The highest BCUT2D eigenvalue weighted by Crippen LogP contribution is 2.45. The highest BCUT2D eigenvalue weighted by Gasteiger charge is 2.21. The van der Waals surface area contributed by atoms with E-state index in [-0.39, 0.29) is 0 Å². The van der Waals surface area contributed by atoms with Crippen LogP contribution in [0.15, 0.2) is 42.5 Å². The molecule has 0 aliphatic rings. The maximum atomic E-state index is 13.1. The number of methoxy groups -OCH3 is 3.